The van der Waals surface area contributed by atoms with Gasteiger partial charge in [0, 0.05) is 58.8 Å². The van der Waals surface area contributed by atoms with Crippen molar-refractivity contribution in [3.63, 3.8) is 0 Å². The molecule has 2 amide bonds. The molecule has 148 valence electrons. The van der Waals surface area contributed by atoms with Gasteiger partial charge in [-0.15, -0.1) is 0 Å². The number of anilines is 1. The first-order chi connectivity index (χ1) is 12.9. The molecule has 1 aromatic rings. The lowest BCUT2D eigenvalue weighted by Gasteiger charge is -2.22. The molecule has 1 saturated carbocycles. The maximum atomic E-state index is 13.0. The molecule has 3 rings (SSSR count). The molecule has 7 heteroatoms. The second kappa shape index (κ2) is 8.23. The average molecular weight is 374 g/mol. The molecule has 0 aromatic carbocycles. The van der Waals surface area contributed by atoms with Gasteiger partial charge in [0.15, 0.2) is 0 Å². The van der Waals surface area contributed by atoms with Crippen molar-refractivity contribution < 1.29 is 9.59 Å². The van der Waals surface area contributed by atoms with Gasteiger partial charge in [-0.3, -0.25) is 9.59 Å². The Labute approximate surface area is 161 Å². The van der Waals surface area contributed by atoms with E-state index in [1.54, 1.807) is 11.1 Å². The average Bonchev–Trinajstić information content (AvgIpc) is 3.40. The quantitative estimate of drug-likeness (QED) is 0.732. The minimum absolute atomic E-state index is 0.0317. The number of aromatic nitrogens is 2. The zero-order chi connectivity index (χ0) is 19.6. The van der Waals surface area contributed by atoms with Crippen LogP contribution in [0.1, 0.15) is 61.0 Å². The van der Waals surface area contributed by atoms with E-state index in [9.17, 15) is 9.59 Å². The van der Waals surface area contributed by atoms with E-state index in [4.69, 9.17) is 4.98 Å². The Bertz CT molecular complexity index is 702. The van der Waals surface area contributed by atoms with Crippen LogP contribution in [0.4, 0.5) is 5.95 Å². The number of hydrogen-bond acceptors (Lipinski definition) is 5. The van der Waals surface area contributed by atoms with Crippen molar-refractivity contribution in [1.82, 2.24) is 19.8 Å². The summed E-state index contributed by atoms with van der Waals surface area (Å²) in [7, 11) is 5.62. The van der Waals surface area contributed by atoms with Crippen molar-refractivity contribution in [1.29, 1.82) is 0 Å². The molecule has 7 nitrogen and oxygen atoms in total. The molecule has 0 spiro atoms. The summed E-state index contributed by atoms with van der Waals surface area (Å²) in [6.45, 7) is 4.24. The first-order valence-corrected chi connectivity index (χ1v) is 10.0. The van der Waals surface area contributed by atoms with E-state index in [0.717, 1.165) is 50.9 Å². The number of amides is 2. The van der Waals surface area contributed by atoms with E-state index in [2.05, 4.69) is 11.9 Å². The lowest BCUT2D eigenvalue weighted by molar-refractivity contribution is -0.131. The number of hydrogen-bond donors (Lipinski definition) is 0. The molecule has 2 fully saturated rings. The van der Waals surface area contributed by atoms with Gasteiger partial charge < -0.3 is 14.7 Å². The highest BCUT2D eigenvalue weighted by Gasteiger charge is 2.38. The maximum absolute atomic E-state index is 13.0. The molecular weight excluding hydrogens is 342 g/mol. The molecule has 1 aliphatic heterocycles. The number of carbonyl (C=O) groups is 2. The lowest BCUT2D eigenvalue weighted by Crippen LogP contribution is -2.31. The molecule has 1 unspecified atom stereocenters. The highest BCUT2D eigenvalue weighted by atomic mass is 16.2. The van der Waals surface area contributed by atoms with Gasteiger partial charge in [0.1, 0.15) is 0 Å². The second-order valence-electron chi connectivity index (χ2n) is 7.99. The Morgan fingerprint density at radius 2 is 1.96 bits per heavy atom. The van der Waals surface area contributed by atoms with E-state index in [1.807, 2.05) is 30.9 Å². The Balaban J connectivity index is 1.84. The lowest BCUT2D eigenvalue weighted by atomic mass is 9.99. The Hall–Kier alpha value is -2.18. The third-order valence-corrected chi connectivity index (χ3v) is 5.44. The van der Waals surface area contributed by atoms with Crippen LogP contribution in [0.3, 0.4) is 0 Å². The summed E-state index contributed by atoms with van der Waals surface area (Å²) >= 11 is 0. The Morgan fingerprint density at radius 3 is 2.59 bits per heavy atom. The van der Waals surface area contributed by atoms with Crippen LogP contribution in [0, 0.1) is 5.92 Å². The highest BCUT2D eigenvalue weighted by molar-refractivity contribution is 5.95. The van der Waals surface area contributed by atoms with Crippen molar-refractivity contribution in [3.05, 3.63) is 17.5 Å². The number of nitrogens with zero attached hydrogens (tertiary/aromatic N) is 5. The Kier molecular flexibility index (Phi) is 5.97. The molecule has 1 saturated heterocycles. The number of carbonyl (C=O) groups excluding carboxylic acids is 2. The molecule has 1 atom stereocenters. The van der Waals surface area contributed by atoms with Gasteiger partial charge in [0.05, 0.1) is 11.3 Å². The van der Waals surface area contributed by atoms with E-state index < -0.39 is 0 Å². The SMILES string of the molecule is CCCCN(C)C(=O)c1cnc(N(C)C)nc1C1CCN(C(=O)C2CC2)C1. The molecular formula is C20H31N5O2. The van der Waals surface area contributed by atoms with Crippen molar-refractivity contribution in [2.75, 3.05) is 45.7 Å². The molecule has 27 heavy (non-hydrogen) atoms. The maximum Gasteiger partial charge on any atom is 0.257 e. The van der Waals surface area contributed by atoms with Crippen LogP contribution in [0.5, 0.6) is 0 Å². The smallest absolute Gasteiger partial charge is 0.257 e. The monoisotopic (exact) mass is 373 g/mol. The Morgan fingerprint density at radius 1 is 1.22 bits per heavy atom. The third-order valence-electron chi connectivity index (χ3n) is 5.44. The topological polar surface area (TPSA) is 69.6 Å². The van der Waals surface area contributed by atoms with Crippen molar-refractivity contribution in [2.24, 2.45) is 5.92 Å². The van der Waals surface area contributed by atoms with Crippen molar-refractivity contribution >= 4 is 17.8 Å². The van der Waals surface area contributed by atoms with E-state index in [1.165, 1.54) is 0 Å². The van der Waals surface area contributed by atoms with Crippen LogP contribution in [0.2, 0.25) is 0 Å². The van der Waals surface area contributed by atoms with Crippen LogP contribution in [-0.4, -0.2) is 72.4 Å². The first kappa shape index (κ1) is 19.6. The van der Waals surface area contributed by atoms with Gasteiger partial charge in [0.2, 0.25) is 11.9 Å². The summed E-state index contributed by atoms with van der Waals surface area (Å²) in [6.07, 6.45) is 6.56. The molecule has 1 aliphatic carbocycles. The summed E-state index contributed by atoms with van der Waals surface area (Å²) < 4.78 is 0. The van der Waals surface area contributed by atoms with Crippen LogP contribution in [-0.2, 0) is 4.79 Å². The zero-order valence-electron chi connectivity index (χ0n) is 16.9. The fourth-order valence-corrected chi connectivity index (χ4v) is 3.55. The molecule has 0 radical (unpaired) electrons. The molecule has 2 heterocycles. The minimum atomic E-state index is -0.0317. The summed E-state index contributed by atoms with van der Waals surface area (Å²) in [4.78, 5) is 40.1. The van der Waals surface area contributed by atoms with Gasteiger partial charge in [0.25, 0.3) is 5.91 Å². The van der Waals surface area contributed by atoms with Crippen LogP contribution in [0.15, 0.2) is 6.20 Å². The van der Waals surface area contributed by atoms with E-state index in [-0.39, 0.29) is 23.7 Å². The van der Waals surface area contributed by atoms with Gasteiger partial charge in [-0.1, -0.05) is 13.3 Å². The van der Waals surface area contributed by atoms with Crippen LogP contribution in [0.25, 0.3) is 0 Å². The largest absolute Gasteiger partial charge is 0.347 e. The van der Waals surface area contributed by atoms with E-state index in [0.29, 0.717) is 18.1 Å². The summed E-state index contributed by atoms with van der Waals surface area (Å²) in [5.41, 5.74) is 1.36. The van der Waals surface area contributed by atoms with Crippen LogP contribution < -0.4 is 4.90 Å². The summed E-state index contributed by atoms with van der Waals surface area (Å²) in [5.74, 6) is 1.16. The van der Waals surface area contributed by atoms with Crippen LogP contribution >= 0.6 is 0 Å². The number of rotatable bonds is 7. The summed E-state index contributed by atoms with van der Waals surface area (Å²) in [6, 6.07) is 0. The normalized spacial score (nSPS) is 19.3. The second-order valence-corrected chi connectivity index (χ2v) is 7.99. The predicted molar refractivity (Wildman–Crippen MR) is 105 cm³/mol. The number of likely N-dealkylation sites (tertiary alicyclic amines) is 1. The molecule has 0 N–H and O–H groups in total. The third kappa shape index (κ3) is 4.39. The van der Waals surface area contributed by atoms with Gasteiger partial charge in [-0.05, 0) is 25.7 Å². The fourth-order valence-electron chi connectivity index (χ4n) is 3.55. The van der Waals surface area contributed by atoms with E-state index >= 15 is 0 Å². The van der Waals surface area contributed by atoms with Gasteiger partial charge >= 0.3 is 0 Å². The van der Waals surface area contributed by atoms with Gasteiger partial charge in [-0.2, -0.15) is 0 Å². The van der Waals surface area contributed by atoms with Gasteiger partial charge in [-0.25, -0.2) is 9.97 Å². The number of unbranched alkanes of at least 4 members (excludes halogenated alkanes) is 1. The predicted octanol–water partition coefficient (Wildman–Crippen LogP) is 2.14. The molecule has 1 aromatic heterocycles. The summed E-state index contributed by atoms with van der Waals surface area (Å²) in [5, 5.41) is 0. The first-order valence-electron chi connectivity index (χ1n) is 10.0. The standard InChI is InChI=1S/C20H31N5O2/c1-5-6-10-24(4)19(27)16-12-21-20(23(2)3)22-17(16)15-9-11-25(13-15)18(26)14-7-8-14/h12,14-15H,5-11,13H2,1-4H3. The zero-order valence-corrected chi connectivity index (χ0v) is 16.9. The molecule has 0 bridgehead atoms. The molecule has 2 aliphatic rings. The van der Waals surface area contributed by atoms with Crippen molar-refractivity contribution in [2.45, 2.75) is 44.9 Å². The highest BCUT2D eigenvalue weighted by Crippen LogP contribution is 2.35. The van der Waals surface area contributed by atoms with Crippen molar-refractivity contribution in [3.8, 4) is 0 Å². The minimum Gasteiger partial charge on any atom is -0.347 e. The fraction of sp³-hybridized carbons (Fsp3) is 0.700.